The van der Waals surface area contributed by atoms with Gasteiger partial charge in [0.15, 0.2) is 9.84 Å². The number of nitrogens with one attached hydrogen (secondary N) is 1. The molecular weight excluding hydrogens is 208 g/mol. The van der Waals surface area contributed by atoms with Crippen molar-refractivity contribution >= 4 is 15.9 Å². The van der Waals surface area contributed by atoms with E-state index in [2.05, 4.69) is 15.5 Å². The smallest absolute Gasteiger partial charge is 0.312 e. The highest BCUT2D eigenvalue weighted by Crippen LogP contribution is 2.17. The van der Waals surface area contributed by atoms with Crippen molar-refractivity contribution in [3.63, 3.8) is 0 Å². The van der Waals surface area contributed by atoms with Gasteiger partial charge in [-0.05, 0) is 0 Å². The van der Waals surface area contributed by atoms with Crippen LogP contribution in [0.3, 0.4) is 0 Å². The van der Waals surface area contributed by atoms with Gasteiger partial charge in [-0.1, -0.05) is 5.10 Å². The monoisotopic (exact) mass is 218 g/mol. The van der Waals surface area contributed by atoms with E-state index in [0.717, 1.165) is 0 Å². The van der Waals surface area contributed by atoms with Crippen LogP contribution in [0.1, 0.15) is 11.9 Å². The molecule has 1 aliphatic heterocycles. The summed E-state index contributed by atoms with van der Waals surface area (Å²) >= 11 is 0. The first kappa shape index (κ1) is 9.41. The first-order valence-corrected chi connectivity index (χ1v) is 5.92. The zero-order valence-electron chi connectivity index (χ0n) is 7.30. The Hall–Kier alpha value is -1.15. The Labute approximate surface area is 80.6 Å². The molecule has 2 heterocycles. The Bertz CT molecular complexity index is 426. The van der Waals surface area contributed by atoms with E-state index >= 15 is 0 Å². The van der Waals surface area contributed by atoms with Crippen molar-refractivity contribution in [3.8, 4) is 0 Å². The standard InChI is InChI=1S/C6H10N4O3S/c7-6-10-9-5(13-6)4-3-14(11,12)2-1-8-4/h4,8H,1-3H2,(H2,7,10). The third kappa shape index (κ3) is 1.85. The van der Waals surface area contributed by atoms with Crippen LogP contribution in [0.15, 0.2) is 4.42 Å². The Balaban J connectivity index is 2.20. The Morgan fingerprint density at radius 1 is 1.50 bits per heavy atom. The molecule has 0 aliphatic carbocycles. The van der Waals surface area contributed by atoms with Gasteiger partial charge >= 0.3 is 6.01 Å². The molecule has 0 bridgehead atoms. The third-order valence-corrected chi connectivity index (χ3v) is 3.65. The molecule has 14 heavy (non-hydrogen) atoms. The summed E-state index contributed by atoms with van der Waals surface area (Å²) in [6.45, 7) is 0.398. The normalized spacial score (nSPS) is 26.1. The predicted molar refractivity (Wildman–Crippen MR) is 48.1 cm³/mol. The maximum absolute atomic E-state index is 11.3. The maximum Gasteiger partial charge on any atom is 0.312 e. The minimum absolute atomic E-state index is 0.0192. The molecule has 1 fully saturated rings. The molecule has 3 N–H and O–H groups in total. The minimum Gasteiger partial charge on any atom is -0.407 e. The van der Waals surface area contributed by atoms with Crippen molar-refractivity contribution in [1.29, 1.82) is 0 Å². The first-order chi connectivity index (χ1) is 6.57. The van der Waals surface area contributed by atoms with Gasteiger partial charge in [-0.3, -0.25) is 0 Å². The Morgan fingerprint density at radius 3 is 2.86 bits per heavy atom. The van der Waals surface area contributed by atoms with E-state index in [1.165, 1.54) is 0 Å². The Kier molecular flexibility index (Phi) is 2.16. The van der Waals surface area contributed by atoms with Gasteiger partial charge in [-0.2, -0.15) is 0 Å². The molecule has 1 aliphatic rings. The van der Waals surface area contributed by atoms with Crippen LogP contribution >= 0.6 is 0 Å². The quantitative estimate of drug-likeness (QED) is 0.603. The number of nitrogens with zero attached hydrogens (tertiary/aromatic N) is 2. The molecule has 2 rings (SSSR count). The highest BCUT2D eigenvalue weighted by Gasteiger charge is 2.28. The lowest BCUT2D eigenvalue weighted by atomic mass is 10.3. The second-order valence-corrected chi connectivity index (χ2v) is 5.33. The number of nitrogens with two attached hydrogens (primary N) is 1. The van der Waals surface area contributed by atoms with Crippen molar-refractivity contribution in [3.05, 3.63) is 5.89 Å². The van der Waals surface area contributed by atoms with Gasteiger partial charge in [0, 0.05) is 6.54 Å². The summed E-state index contributed by atoms with van der Waals surface area (Å²) < 4.78 is 27.5. The average molecular weight is 218 g/mol. The third-order valence-electron chi connectivity index (χ3n) is 1.98. The number of hydrogen-bond donors (Lipinski definition) is 2. The van der Waals surface area contributed by atoms with Gasteiger partial charge in [-0.15, -0.1) is 5.10 Å². The van der Waals surface area contributed by atoms with Gasteiger partial charge in [0.1, 0.15) is 6.04 Å². The molecule has 0 amide bonds. The fourth-order valence-corrected chi connectivity index (χ4v) is 2.69. The first-order valence-electron chi connectivity index (χ1n) is 4.09. The number of aromatic nitrogens is 2. The second kappa shape index (κ2) is 3.21. The average Bonchev–Trinajstić information content (AvgIpc) is 2.50. The van der Waals surface area contributed by atoms with Gasteiger partial charge in [-0.25, -0.2) is 8.42 Å². The van der Waals surface area contributed by atoms with Crippen LogP contribution in [0.5, 0.6) is 0 Å². The predicted octanol–water partition coefficient (Wildman–Crippen LogP) is -1.29. The number of sulfone groups is 1. The van der Waals surface area contributed by atoms with Crippen LogP contribution in [0.25, 0.3) is 0 Å². The van der Waals surface area contributed by atoms with Gasteiger partial charge < -0.3 is 15.5 Å². The van der Waals surface area contributed by atoms with Crippen LogP contribution < -0.4 is 11.1 Å². The van der Waals surface area contributed by atoms with Crippen molar-refractivity contribution in [2.24, 2.45) is 0 Å². The highest BCUT2D eigenvalue weighted by atomic mass is 32.2. The molecule has 0 aromatic carbocycles. The van der Waals surface area contributed by atoms with Gasteiger partial charge in [0.2, 0.25) is 5.89 Å². The lowest BCUT2D eigenvalue weighted by molar-refractivity contribution is 0.420. The number of rotatable bonds is 1. The fraction of sp³-hybridized carbons (Fsp3) is 0.667. The summed E-state index contributed by atoms with van der Waals surface area (Å²) in [6, 6.07) is -0.483. The summed E-state index contributed by atoms with van der Waals surface area (Å²) in [4.78, 5) is 0. The van der Waals surface area contributed by atoms with Crippen molar-refractivity contribution in [2.75, 3.05) is 23.8 Å². The van der Waals surface area contributed by atoms with Crippen LogP contribution in [0.4, 0.5) is 6.01 Å². The van der Waals surface area contributed by atoms with Crippen molar-refractivity contribution in [1.82, 2.24) is 15.5 Å². The summed E-state index contributed by atoms with van der Waals surface area (Å²) in [5.74, 6) is 0.354. The molecular formula is C6H10N4O3S. The summed E-state index contributed by atoms with van der Waals surface area (Å²) in [5, 5.41) is 10.1. The molecule has 1 unspecified atom stereocenters. The minimum atomic E-state index is -3.00. The highest BCUT2D eigenvalue weighted by molar-refractivity contribution is 7.91. The van der Waals surface area contributed by atoms with Gasteiger partial charge in [0.25, 0.3) is 0 Å². The van der Waals surface area contributed by atoms with E-state index in [-0.39, 0.29) is 23.4 Å². The molecule has 7 nitrogen and oxygen atoms in total. The molecule has 0 saturated carbocycles. The van der Waals surface area contributed by atoms with E-state index in [9.17, 15) is 8.42 Å². The second-order valence-electron chi connectivity index (χ2n) is 3.10. The zero-order valence-corrected chi connectivity index (χ0v) is 8.12. The van der Waals surface area contributed by atoms with Crippen LogP contribution in [0, 0.1) is 0 Å². The van der Waals surface area contributed by atoms with E-state index in [0.29, 0.717) is 6.54 Å². The lowest BCUT2D eigenvalue weighted by Gasteiger charge is -2.20. The zero-order chi connectivity index (χ0) is 10.2. The van der Waals surface area contributed by atoms with E-state index < -0.39 is 15.9 Å². The van der Waals surface area contributed by atoms with Gasteiger partial charge in [0.05, 0.1) is 11.5 Å². The molecule has 0 radical (unpaired) electrons. The largest absolute Gasteiger partial charge is 0.407 e. The molecule has 1 aromatic heterocycles. The van der Waals surface area contributed by atoms with Crippen molar-refractivity contribution in [2.45, 2.75) is 6.04 Å². The SMILES string of the molecule is Nc1nnc(C2CS(=O)(=O)CCN2)o1. The molecule has 78 valence electrons. The van der Waals surface area contributed by atoms with E-state index in [4.69, 9.17) is 10.2 Å². The van der Waals surface area contributed by atoms with Crippen molar-refractivity contribution < 1.29 is 12.8 Å². The summed E-state index contributed by atoms with van der Waals surface area (Å²) in [7, 11) is -3.00. The van der Waals surface area contributed by atoms with E-state index in [1.807, 2.05) is 0 Å². The van der Waals surface area contributed by atoms with Crippen LogP contribution in [-0.4, -0.2) is 36.7 Å². The van der Waals surface area contributed by atoms with E-state index in [1.54, 1.807) is 0 Å². The molecule has 8 heteroatoms. The summed E-state index contributed by atoms with van der Waals surface area (Å²) in [6.07, 6.45) is 0. The molecule has 1 aromatic rings. The molecule has 1 atom stereocenters. The summed E-state index contributed by atoms with van der Waals surface area (Å²) in [5.41, 5.74) is 5.24. The number of nitrogen functional groups attached to an aromatic ring is 1. The number of hydrogen-bond acceptors (Lipinski definition) is 7. The number of anilines is 1. The topological polar surface area (TPSA) is 111 Å². The maximum atomic E-state index is 11.3. The van der Waals surface area contributed by atoms with Crippen LogP contribution in [0.2, 0.25) is 0 Å². The fourth-order valence-electron chi connectivity index (χ4n) is 1.33. The van der Waals surface area contributed by atoms with Crippen LogP contribution in [-0.2, 0) is 9.84 Å². The Morgan fingerprint density at radius 2 is 2.29 bits per heavy atom. The lowest BCUT2D eigenvalue weighted by Crippen LogP contribution is -2.39. The molecule has 1 saturated heterocycles. The molecule has 0 spiro atoms.